The molecule has 0 radical (unpaired) electrons. The molecule has 0 bridgehead atoms. The third-order valence-corrected chi connectivity index (χ3v) is 3.29. The first kappa shape index (κ1) is 12.8. The minimum absolute atomic E-state index is 0.0855. The SMILES string of the molecule is CSC(C)(C)CNCC(C)C(N)=O. The molecule has 0 aromatic carbocycles. The summed E-state index contributed by atoms with van der Waals surface area (Å²) in [6.07, 6.45) is 2.08. The molecule has 0 fully saturated rings. The molecule has 0 aromatic heterocycles. The lowest BCUT2D eigenvalue weighted by Gasteiger charge is -2.23. The van der Waals surface area contributed by atoms with Gasteiger partial charge in [-0.05, 0) is 20.1 Å². The molecule has 3 N–H and O–H groups in total. The van der Waals surface area contributed by atoms with Crippen molar-refractivity contribution in [2.45, 2.75) is 25.5 Å². The van der Waals surface area contributed by atoms with E-state index in [2.05, 4.69) is 25.4 Å². The standard InChI is InChI=1S/C9H20N2OS/c1-7(8(10)12)5-11-6-9(2,3)13-4/h7,11H,5-6H2,1-4H3,(H2,10,12). The smallest absolute Gasteiger partial charge is 0.221 e. The topological polar surface area (TPSA) is 55.1 Å². The van der Waals surface area contributed by atoms with Gasteiger partial charge in [0.1, 0.15) is 0 Å². The van der Waals surface area contributed by atoms with Crippen LogP contribution in [0.4, 0.5) is 0 Å². The van der Waals surface area contributed by atoms with E-state index in [4.69, 9.17) is 5.73 Å². The second kappa shape index (κ2) is 5.50. The Hall–Kier alpha value is -0.220. The first-order valence-electron chi connectivity index (χ1n) is 4.44. The fraction of sp³-hybridized carbons (Fsp3) is 0.889. The summed E-state index contributed by atoms with van der Waals surface area (Å²) in [5.41, 5.74) is 5.13. The first-order chi connectivity index (χ1) is 5.89. The van der Waals surface area contributed by atoms with Crippen LogP contribution in [0.1, 0.15) is 20.8 Å². The molecule has 0 rings (SSSR count). The molecule has 78 valence electrons. The van der Waals surface area contributed by atoms with Gasteiger partial charge < -0.3 is 11.1 Å². The van der Waals surface area contributed by atoms with Gasteiger partial charge in [-0.2, -0.15) is 11.8 Å². The summed E-state index contributed by atoms with van der Waals surface area (Å²) in [5, 5.41) is 3.24. The van der Waals surface area contributed by atoms with E-state index in [1.165, 1.54) is 0 Å². The van der Waals surface area contributed by atoms with Crippen molar-refractivity contribution < 1.29 is 4.79 Å². The minimum Gasteiger partial charge on any atom is -0.369 e. The lowest BCUT2D eigenvalue weighted by molar-refractivity contribution is -0.121. The third kappa shape index (κ3) is 5.93. The second-order valence-corrected chi connectivity index (χ2v) is 5.41. The number of nitrogens with two attached hydrogens (primary N) is 1. The average Bonchev–Trinajstić information content (AvgIpc) is 2.04. The summed E-state index contributed by atoms with van der Waals surface area (Å²) in [6, 6.07) is 0. The van der Waals surface area contributed by atoms with Gasteiger partial charge in [-0.3, -0.25) is 4.79 Å². The van der Waals surface area contributed by atoms with Crippen LogP contribution in [0.25, 0.3) is 0 Å². The van der Waals surface area contributed by atoms with Gasteiger partial charge in [0, 0.05) is 23.8 Å². The van der Waals surface area contributed by atoms with E-state index in [1.54, 1.807) is 0 Å². The fourth-order valence-corrected chi connectivity index (χ4v) is 1.01. The fourth-order valence-electron chi connectivity index (χ4n) is 0.762. The monoisotopic (exact) mass is 204 g/mol. The van der Waals surface area contributed by atoms with E-state index in [9.17, 15) is 4.79 Å². The summed E-state index contributed by atoms with van der Waals surface area (Å²) in [4.78, 5) is 10.7. The van der Waals surface area contributed by atoms with Crippen LogP contribution in [0.2, 0.25) is 0 Å². The highest BCUT2D eigenvalue weighted by Crippen LogP contribution is 2.19. The molecular weight excluding hydrogens is 184 g/mol. The van der Waals surface area contributed by atoms with E-state index >= 15 is 0 Å². The van der Waals surface area contributed by atoms with Crippen molar-refractivity contribution in [3.05, 3.63) is 0 Å². The molecule has 0 aliphatic heterocycles. The van der Waals surface area contributed by atoms with Gasteiger partial charge in [-0.1, -0.05) is 6.92 Å². The van der Waals surface area contributed by atoms with Crippen molar-refractivity contribution in [1.82, 2.24) is 5.32 Å². The Morgan fingerprint density at radius 1 is 1.62 bits per heavy atom. The number of nitrogens with one attached hydrogen (secondary N) is 1. The number of hydrogen-bond donors (Lipinski definition) is 2. The highest BCUT2D eigenvalue weighted by atomic mass is 32.2. The number of amides is 1. The molecular formula is C9H20N2OS. The zero-order chi connectivity index (χ0) is 10.5. The molecule has 1 amide bonds. The van der Waals surface area contributed by atoms with E-state index in [0.717, 1.165) is 6.54 Å². The maximum absolute atomic E-state index is 10.7. The predicted octanol–water partition coefficient (Wildman–Crippen LogP) is 0.839. The van der Waals surface area contributed by atoms with E-state index < -0.39 is 0 Å². The molecule has 13 heavy (non-hydrogen) atoms. The molecule has 0 aliphatic rings. The van der Waals surface area contributed by atoms with Gasteiger partial charge in [-0.15, -0.1) is 0 Å². The van der Waals surface area contributed by atoms with Crippen LogP contribution < -0.4 is 11.1 Å². The summed E-state index contributed by atoms with van der Waals surface area (Å²) in [7, 11) is 0. The van der Waals surface area contributed by atoms with Crippen LogP contribution in [-0.4, -0.2) is 30.0 Å². The Labute approximate surface area is 84.8 Å². The summed E-state index contributed by atoms with van der Waals surface area (Å²) >= 11 is 1.81. The number of primary amides is 1. The predicted molar refractivity (Wildman–Crippen MR) is 58.8 cm³/mol. The summed E-state index contributed by atoms with van der Waals surface area (Å²) < 4.78 is 0.220. The maximum Gasteiger partial charge on any atom is 0.221 e. The van der Waals surface area contributed by atoms with Crippen LogP contribution >= 0.6 is 11.8 Å². The Bertz CT molecular complexity index is 171. The van der Waals surface area contributed by atoms with Crippen molar-refractivity contribution in [2.75, 3.05) is 19.3 Å². The van der Waals surface area contributed by atoms with Crippen LogP contribution in [-0.2, 0) is 4.79 Å². The molecule has 0 aliphatic carbocycles. The zero-order valence-electron chi connectivity index (χ0n) is 8.89. The molecule has 3 nitrogen and oxygen atoms in total. The molecule has 0 heterocycles. The van der Waals surface area contributed by atoms with Gasteiger partial charge in [0.2, 0.25) is 5.91 Å². The third-order valence-electron chi connectivity index (χ3n) is 2.04. The number of rotatable bonds is 6. The highest BCUT2D eigenvalue weighted by Gasteiger charge is 2.16. The maximum atomic E-state index is 10.7. The lowest BCUT2D eigenvalue weighted by Crippen LogP contribution is -2.37. The van der Waals surface area contributed by atoms with E-state index in [0.29, 0.717) is 6.54 Å². The van der Waals surface area contributed by atoms with Gasteiger partial charge in [0.05, 0.1) is 0 Å². The van der Waals surface area contributed by atoms with Crippen LogP contribution in [0.5, 0.6) is 0 Å². The van der Waals surface area contributed by atoms with Crippen LogP contribution in [0, 0.1) is 5.92 Å². The van der Waals surface area contributed by atoms with Gasteiger partial charge in [-0.25, -0.2) is 0 Å². The molecule has 0 saturated carbocycles. The zero-order valence-corrected chi connectivity index (χ0v) is 9.70. The molecule has 1 atom stereocenters. The molecule has 0 spiro atoms. The van der Waals surface area contributed by atoms with E-state index in [1.807, 2.05) is 18.7 Å². The molecule has 1 unspecified atom stereocenters. The Kier molecular flexibility index (Phi) is 5.40. The summed E-state index contributed by atoms with van der Waals surface area (Å²) in [5.74, 6) is -0.327. The Morgan fingerprint density at radius 3 is 2.54 bits per heavy atom. The number of carbonyl (C=O) groups excluding carboxylic acids is 1. The van der Waals surface area contributed by atoms with Crippen molar-refractivity contribution >= 4 is 17.7 Å². The number of hydrogen-bond acceptors (Lipinski definition) is 3. The largest absolute Gasteiger partial charge is 0.369 e. The first-order valence-corrected chi connectivity index (χ1v) is 5.66. The molecule has 0 saturated heterocycles. The normalized spacial score (nSPS) is 14.2. The lowest BCUT2D eigenvalue weighted by atomic mass is 10.1. The van der Waals surface area contributed by atoms with Crippen LogP contribution in [0.3, 0.4) is 0 Å². The van der Waals surface area contributed by atoms with Crippen molar-refractivity contribution in [3.8, 4) is 0 Å². The number of carbonyl (C=O) groups is 1. The van der Waals surface area contributed by atoms with Crippen molar-refractivity contribution in [2.24, 2.45) is 11.7 Å². The Morgan fingerprint density at radius 2 is 2.15 bits per heavy atom. The second-order valence-electron chi connectivity index (χ2n) is 3.90. The van der Waals surface area contributed by atoms with Crippen molar-refractivity contribution in [3.63, 3.8) is 0 Å². The average molecular weight is 204 g/mol. The number of thioether (sulfide) groups is 1. The quantitative estimate of drug-likeness (QED) is 0.674. The van der Waals surface area contributed by atoms with Gasteiger partial charge in [0.15, 0.2) is 0 Å². The van der Waals surface area contributed by atoms with Gasteiger partial charge >= 0.3 is 0 Å². The highest BCUT2D eigenvalue weighted by molar-refractivity contribution is 7.99. The van der Waals surface area contributed by atoms with Crippen LogP contribution in [0.15, 0.2) is 0 Å². The van der Waals surface area contributed by atoms with Gasteiger partial charge in [0.25, 0.3) is 0 Å². The molecule has 4 heteroatoms. The molecule has 0 aromatic rings. The van der Waals surface area contributed by atoms with E-state index in [-0.39, 0.29) is 16.6 Å². The summed E-state index contributed by atoms with van der Waals surface area (Å²) in [6.45, 7) is 7.73. The Balaban J connectivity index is 3.62. The van der Waals surface area contributed by atoms with Crippen molar-refractivity contribution in [1.29, 1.82) is 0 Å². The minimum atomic E-state index is -0.241.